The number of aromatic nitrogens is 4. The summed E-state index contributed by atoms with van der Waals surface area (Å²) in [6.45, 7) is 3.23. The van der Waals surface area contributed by atoms with Gasteiger partial charge in [0.05, 0.1) is 17.1 Å². The zero-order valence-corrected chi connectivity index (χ0v) is 33.6. The van der Waals surface area contributed by atoms with E-state index in [4.69, 9.17) is 45.5 Å². The molecule has 16 nitrogen and oxygen atoms in total. The van der Waals surface area contributed by atoms with E-state index in [0.717, 1.165) is 16.1 Å². The van der Waals surface area contributed by atoms with Crippen LogP contribution in [-0.2, 0) is 45.2 Å². The fourth-order valence-electron chi connectivity index (χ4n) is 5.69. The molecule has 0 saturated heterocycles. The first kappa shape index (κ1) is 45.1. The number of nitrogens with zero attached hydrogens (tertiary/aromatic N) is 4. The van der Waals surface area contributed by atoms with Crippen molar-refractivity contribution in [2.75, 3.05) is 0 Å². The van der Waals surface area contributed by atoms with Gasteiger partial charge in [0.2, 0.25) is 11.8 Å². The number of Topliss-reactive ketones (excluding diaryl/α,β-unsaturated/α-hetero) is 1. The third-order valence-corrected chi connectivity index (χ3v) is 9.12. The minimum absolute atomic E-state index is 0.0738. The SMILES string of the molecule is C[C@H](NC(=O)Cn1nc(C(N)=O)c2ccccc21)C(=O)CCc1cccc(Cl)c1.C[C@H](NC(=O)Cn1nc(C(N)=O)c2ccccc21)C(=O)O.NCc1cccc(Cl)c1. The molecule has 9 N–H and O–H groups in total. The van der Waals surface area contributed by atoms with Gasteiger partial charge in [0, 0.05) is 33.8 Å². The van der Waals surface area contributed by atoms with E-state index in [1.54, 1.807) is 61.5 Å². The van der Waals surface area contributed by atoms with Crippen LogP contribution in [0.25, 0.3) is 21.8 Å². The van der Waals surface area contributed by atoms with Gasteiger partial charge in [-0.1, -0.05) is 83.9 Å². The lowest BCUT2D eigenvalue weighted by Gasteiger charge is -2.13. The number of carboxylic acids is 1. The highest BCUT2D eigenvalue weighted by Gasteiger charge is 2.20. The summed E-state index contributed by atoms with van der Waals surface area (Å²) in [5, 5.41) is 24.4. The fourth-order valence-corrected chi connectivity index (χ4v) is 6.11. The van der Waals surface area contributed by atoms with E-state index in [2.05, 4.69) is 20.8 Å². The first-order valence-corrected chi connectivity index (χ1v) is 18.9. The van der Waals surface area contributed by atoms with Crippen molar-refractivity contribution in [1.29, 1.82) is 0 Å². The number of carbonyl (C=O) groups excluding carboxylic acids is 5. The molecule has 0 aliphatic rings. The molecule has 0 unspecified atom stereocenters. The van der Waals surface area contributed by atoms with Gasteiger partial charge in [0.25, 0.3) is 11.8 Å². The number of ketones is 1. The molecule has 0 radical (unpaired) electrons. The van der Waals surface area contributed by atoms with Crippen molar-refractivity contribution >= 4 is 80.4 Å². The van der Waals surface area contributed by atoms with Crippen LogP contribution in [0.3, 0.4) is 0 Å². The number of benzene rings is 4. The standard InChI is InChI=1S/C21H21ClN4O3.C13H14N4O4.C7H8ClN/c1-13(18(27)10-9-14-5-4-6-15(22)11-14)24-19(28)12-26-17-8-3-2-7-16(17)20(25-26)21(23)29;1-7(13(20)21)15-10(18)6-17-9-5-3-2-4-8(9)11(16-17)12(14)19;8-7-3-1-2-6(4-7)5-9/h2-8,11,13H,9-10,12H2,1H3,(H2,23,29)(H,24,28);2-5,7H,6H2,1H3,(H2,14,19)(H,15,18)(H,20,21);1-4H,5,9H2/t13-;7-;/m00./s1. The molecule has 0 aliphatic heterocycles. The summed E-state index contributed by atoms with van der Waals surface area (Å²) in [5.41, 5.74) is 19.4. The topological polar surface area (TPSA) is 260 Å². The Morgan fingerprint density at radius 2 is 1.10 bits per heavy atom. The van der Waals surface area contributed by atoms with Gasteiger partial charge in [-0.15, -0.1) is 0 Å². The van der Waals surface area contributed by atoms with E-state index in [0.29, 0.717) is 39.8 Å². The van der Waals surface area contributed by atoms with Gasteiger partial charge >= 0.3 is 5.97 Å². The minimum Gasteiger partial charge on any atom is -0.480 e. The van der Waals surface area contributed by atoms with Crippen molar-refractivity contribution in [3.63, 3.8) is 0 Å². The number of nitrogens with one attached hydrogen (secondary N) is 2. The maximum Gasteiger partial charge on any atom is 0.325 e. The molecule has 2 aromatic heterocycles. The Morgan fingerprint density at radius 1 is 0.661 bits per heavy atom. The molecule has 6 aromatic rings. The van der Waals surface area contributed by atoms with Crippen molar-refractivity contribution in [2.45, 2.75) is 58.4 Å². The number of carboxylic acid groups (broad SMARTS) is 1. The fraction of sp³-hybridized carbons (Fsp3) is 0.220. The zero-order valence-electron chi connectivity index (χ0n) is 32.1. The molecule has 0 aliphatic carbocycles. The number of nitrogens with two attached hydrogens (primary N) is 3. The van der Waals surface area contributed by atoms with E-state index in [-0.39, 0.29) is 42.6 Å². The normalized spacial score (nSPS) is 11.6. The number of amides is 4. The van der Waals surface area contributed by atoms with E-state index in [9.17, 15) is 28.8 Å². The van der Waals surface area contributed by atoms with Gasteiger partial charge in [-0.2, -0.15) is 10.2 Å². The summed E-state index contributed by atoms with van der Waals surface area (Å²) in [4.78, 5) is 70.2. The van der Waals surface area contributed by atoms with Gasteiger partial charge in [-0.25, -0.2) is 0 Å². The Kier molecular flexibility index (Phi) is 16.2. The Morgan fingerprint density at radius 3 is 1.53 bits per heavy atom. The quantitative estimate of drug-likeness (QED) is 0.0918. The number of hydrogen-bond donors (Lipinski definition) is 6. The third-order valence-electron chi connectivity index (χ3n) is 8.65. The lowest BCUT2D eigenvalue weighted by atomic mass is 10.0. The van der Waals surface area contributed by atoms with Gasteiger partial charge in [-0.3, -0.25) is 38.1 Å². The minimum atomic E-state index is -1.13. The van der Waals surface area contributed by atoms with Crippen LogP contribution >= 0.6 is 23.2 Å². The third kappa shape index (κ3) is 12.9. The van der Waals surface area contributed by atoms with Crippen LogP contribution in [0.1, 0.15) is 52.4 Å². The van der Waals surface area contributed by atoms with Crippen molar-refractivity contribution < 1.29 is 33.9 Å². The molecule has 2 heterocycles. The molecular weight excluding hydrogens is 801 g/mol. The number of primary amides is 2. The number of rotatable bonds is 14. The predicted octanol–water partition coefficient (Wildman–Crippen LogP) is 4.02. The monoisotopic (exact) mass is 843 g/mol. The molecule has 18 heteroatoms. The highest BCUT2D eigenvalue weighted by molar-refractivity contribution is 6.30. The second-order valence-electron chi connectivity index (χ2n) is 13.1. The molecule has 0 bridgehead atoms. The molecule has 4 aromatic carbocycles. The Hall–Kier alpha value is -6.62. The molecule has 59 heavy (non-hydrogen) atoms. The van der Waals surface area contributed by atoms with Gasteiger partial charge < -0.3 is 32.9 Å². The average Bonchev–Trinajstić information content (AvgIpc) is 3.76. The van der Waals surface area contributed by atoms with Crippen LogP contribution in [0.5, 0.6) is 0 Å². The first-order chi connectivity index (χ1) is 28.1. The maximum absolute atomic E-state index is 12.4. The highest BCUT2D eigenvalue weighted by atomic mass is 35.5. The molecule has 0 spiro atoms. The van der Waals surface area contributed by atoms with Gasteiger partial charge in [-0.05, 0) is 67.8 Å². The molecule has 4 amide bonds. The second-order valence-corrected chi connectivity index (χ2v) is 14.0. The van der Waals surface area contributed by atoms with Gasteiger partial charge in [0.1, 0.15) is 19.1 Å². The zero-order chi connectivity index (χ0) is 43.2. The van der Waals surface area contributed by atoms with Crippen molar-refractivity contribution in [3.8, 4) is 0 Å². The summed E-state index contributed by atoms with van der Waals surface area (Å²) < 4.78 is 2.73. The van der Waals surface area contributed by atoms with E-state index in [1.807, 2.05) is 42.5 Å². The second kappa shape index (κ2) is 21.2. The summed E-state index contributed by atoms with van der Waals surface area (Å²) >= 11 is 11.6. The van der Waals surface area contributed by atoms with Crippen molar-refractivity contribution in [1.82, 2.24) is 30.2 Å². The Bertz CT molecular complexity index is 2480. The van der Waals surface area contributed by atoms with E-state index >= 15 is 0 Å². The number of halogens is 2. The van der Waals surface area contributed by atoms with Crippen LogP contribution in [-0.4, -0.2) is 72.1 Å². The number of hydrogen-bond acceptors (Lipinski definition) is 9. The van der Waals surface area contributed by atoms with Crippen molar-refractivity contribution in [2.24, 2.45) is 17.2 Å². The number of aryl methyl sites for hydroxylation is 1. The number of carbonyl (C=O) groups is 6. The smallest absolute Gasteiger partial charge is 0.325 e. The van der Waals surface area contributed by atoms with Crippen LogP contribution in [0, 0.1) is 0 Å². The maximum atomic E-state index is 12.4. The molecule has 2 atom stereocenters. The largest absolute Gasteiger partial charge is 0.480 e. The lowest BCUT2D eigenvalue weighted by Crippen LogP contribution is -2.40. The van der Waals surface area contributed by atoms with E-state index < -0.39 is 35.8 Å². The van der Waals surface area contributed by atoms with E-state index in [1.165, 1.54) is 16.3 Å². The van der Waals surface area contributed by atoms with Crippen LogP contribution < -0.4 is 27.8 Å². The molecular formula is C41H43Cl2N9O7. The Balaban J connectivity index is 0.000000222. The highest BCUT2D eigenvalue weighted by Crippen LogP contribution is 2.19. The molecule has 6 rings (SSSR count). The average molecular weight is 845 g/mol. The molecule has 308 valence electrons. The molecule has 0 fully saturated rings. The number of aliphatic carboxylic acids is 1. The number of fused-ring (bicyclic) bond motifs is 2. The Labute approximate surface area is 348 Å². The first-order valence-electron chi connectivity index (χ1n) is 18.1. The van der Waals surface area contributed by atoms with Crippen LogP contribution in [0.4, 0.5) is 0 Å². The van der Waals surface area contributed by atoms with Crippen molar-refractivity contribution in [3.05, 3.63) is 130 Å². The summed E-state index contributed by atoms with van der Waals surface area (Å²) in [6, 6.07) is 27.1. The molecule has 0 saturated carbocycles. The van der Waals surface area contributed by atoms with Crippen LogP contribution in [0.15, 0.2) is 97.1 Å². The van der Waals surface area contributed by atoms with Gasteiger partial charge in [0.15, 0.2) is 17.2 Å². The lowest BCUT2D eigenvalue weighted by molar-refractivity contribution is -0.141. The van der Waals surface area contributed by atoms with Crippen LogP contribution in [0.2, 0.25) is 10.0 Å². The summed E-state index contributed by atoms with van der Waals surface area (Å²) in [6.07, 6.45) is 0.837. The number of para-hydroxylation sites is 2. The summed E-state index contributed by atoms with van der Waals surface area (Å²) in [7, 11) is 0. The predicted molar refractivity (Wildman–Crippen MR) is 223 cm³/mol. The summed E-state index contributed by atoms with van der Waals surface area (Å²) in [5.74, 6) is -3.46.